The zero-order chi connectivity index (χ0) is 17.4. The Morgan fingerprint density at radius 2 is 1.67 bits per heavy atom. The van der Waals surface area contributed by atoms with Crippen molar-refractivity contribution in [3.63, 3.8) is 0 Å². The van der Waals surface area contributed by atoms with Crippen LogP contribution in [0.2, 0.25) is 10.0 Å². The van der Waals surface area contributed by atoms with E-state index in [-0.39, 0.29) is 5.91 Å². The van der Waals surface area contributed by atoms with Crippen molar-refractivity contribution in [2.24, 2.45) is 0 Å². The highest BCUT2D eigenvalue weighted by Crippen LogP contribution is 2.27. The molecule has 0 radical (unpaired) electrons. The summed E-state index contributed by atoms with van der Waals surface area (Å²) < 4.78 is 0. The predicted molar refractivity (Wildman–Crippen MR) is 105 cm³/mol. The van der Waals surface area contributed by atoms with E-state index in [1.807, 2.05) is 30.3 Å². The molecule has 2 aromatic rings. The van der Waals surface area contributed by atoms with E-state index in [0.717, 1.165) is 29.1 Å². The molecule has 128 valence electrons. The van der Waals surface area contributed by atoms with Gasteiger partial charge in [0.05, 0.1) is 6.42 Å². The first-order chi connectivity index (χ1) is 11.6. The van der Waals surface area contributed by atoms with Gasteiger partial charge in [0.25, 0.3) is 0 Å². The molecule has 2 rings (SSSR count). The number of carbonyl (C=O) groups is 1. The van der Waals surface area contributed by atoms with E-state index in [2.05, 4.69) is 24.4 Å². The van der Waals surface area contributed by atoms with Gasteiger partial charge < -0.3 is 5.32 Å². The minimum absolute atomic E-state index is 0.0515. The summed E-state index contributed by atoms with van der Waals surface area (Å²) in [5.74, 6) is 1.62. The minimum Gasteiger partial charge on any atom is -0.355 e. The van der Waals surface area contributed by atoms with Crippen LogP contribution in [0, 0.1) is 0 Å². The molecule has 0 saturated heterocycles. The summed E-state index contributed by atoms with van der Waals surface area (Å²) in [6.45, 7) is 2.76. The van der Waals surface area contributed by atoms with Crippen molar-refractivity contribution in [2.45, 2.75) is 25.5 Å². The molecule has 0 aliphatic carbocycles. The van der Waals surface area contributed by atoms with E-state index < -0.39 is 0 Å². The standard InChI is InChI=1S/C19H21Cl2NOS/c1-2-14-6-8-15(9-7-14)12-19(23)22-10-11-24-13-16-17(20)4-3-5-18(16)21/h3-9H,2,10-13H2,1H3,(H,22,23). The number of benzene rings is 2. The van der Waals surface area contributed by atoms with Gasteiger partial charge in [0.2, 0.25) is 5.91 Å². The lowest BCUT2D eigenvalue weighted by atomic mass is 10.1. The van der Waals surface area contributed by atoms with Crippen LogP contribution >= 0.6 is 35.0 Å². The second-order valence-corrected chi connectivity index (χ2v) is 7.37. The molecule has 0 bridgehead atoms. The number of nitrogens with one attached hydrogen (secondary N) is 1. The highest BCUT2D eigenvalue weighted by Gasteiger charge is 2.06. The maximum atomic E-state index is 11.9. The normalized spacial score (nSPS) is 10.6. The fourth-order valence-electron chi connectivity index (χ4n) is 2.25. The Hall–Kier alpha value is -1.16. The number of aryl methyl sites for hydroxylation is 1. The molecule has 24 heavy (non-hydrogen) atoms. The lowest BCUT2D eigenvalue weighted by Gasteiger charge is -2.08. The number of amides is 1. The number of rotatable bonds is 8. The third-order valence-corrected chi connectivity index (χ3v) is 5.37. The molecule has 0 aliphatic heterocycles. The van der Waals surface area contributed by atoms with Gasteiger partial charge in [0.15, 0.2) is 0 Å². The molecule has 0 atom stereocenters. The van der Waals surface area contributed by atoms with Gasteiger partial charge >= 0.3 is 0 Å². The van der Waals surface area contributed by atoms with Crippen LogP contribution in [0.3, 0.4) is 0 Å². The average Bonchev–Trinajstić information content (AvgIpc) is 2.57. The fourth-order valence-corrected chi connectivity index (χ4v) is 3.84. The Labute approximate surface area is 157 Å². The van der Waals surface area contributed by atoms with Crippen LogP contribution in [-0.2, 0) is 23.4 Å². The first kappa shape index (κ1) is 19.2. The largest absolute Gasteiger partial charge is 0.355 e. The summed E-state index contributed by atoms with van der Waals surface area (Å²) in [7, 11) is 0. The molecule has 1 amide bonds. The van der Waals surface area contributed by atoms with Crippen molar-refractivity contribution in [3.05, 3.63) is 69.2 Å². The number of thioether (sulfide) groups is 1. The summed E-state index contributed by atoms with van der Waals surface area (Å²) in [6.07, 6.45) is 1.43. The summed E-state index contributed by atoms with van der Waals surface area (Å²) in [5.41, 5.74) is 3.28. The summed E-state index contributed by atoms with van der Waals surface area (Å²) >= 11 is 14.0. The van der Waals surface area contributed by atoms with Crippen LogP contribution in [0.15, 0.2) is 42.5 Å². The lowest BCUT2D eigenvalue weighted by Crippen LogP contribution is -2.27. The zero-order valence-corrected chi connectivity index (χ0v) is 16.0. The molecule has 2 aromatic carbocycles. The minimum atomic E-state index is 0.0515. The van der Waals surface area contributed by atoms with Gasteiger partial charge in [-0.25, -0.2) is 0 Å². The molecular formula is C19H21Cl2NOS. The van der Waals surface area contributed by atoms with Crippen molar-refractivity contribution < 1.29 is 4.79 Å². The first-order valence-electron chi connectivity index (χ1n) is 7.95. The van der Waals surface area contributed by atoms with Crippen LogP contribution in [-0.4, -0.2) is 18.2 Å². The van der Waals surface area contributed by atoms with Gasteiger partial charge in [-0.3, -0.25) is 4.79 Å². The molecule has 0 aromatic heterocycles. The molecule has 0 aliphatic rings. The van der Waals surface area contributed by atoms with E-state index in [1.54, 1.807) is 11.8 Å². The second kappa shape index (κ2) is 9.97. The zero-order valence-electron chi connectivity index (χ0n) is 13.6. The van der Waals surface area contributed by atoms with Crippen molar-refractivity contribution in [2.75, 3.05) is 12.3 Å². The number of hydrogen-bond acceptors (Lipinski definition) is 2. The summed E-state index contributed by atoms with van der Waals surface area (Å²) in [6, 6.07) is 13.7. The van der Waals surface area contributed by atoms with E-state index in [9.17, 15) is 4.79 Å². The molecule has 0 heterocycles. The smallest absolute Gasteiger partial charge is 0.224 e. The van der Waals surface area contributed by atoms with Gasteiger partial charge in [0, 0.05) is 28.1 Å². The number of carbonyl (C=O) groups excluding carboxylic acids is 1. The lowest BCUT2D eigenvalue weighted by molar-refractivity contribution is -0.120. The van der Waals surface area contributed by atoms with E-state index in [1.165, 1.54) is 5.56 Å². The van der Waals surface area contributed by atoms with Gasteiger partial charge in [-0.2, -0.15) is 11.8 Å². The quantitative estimate of drug-likeness (QED) is 0.640. The predicted octanol–water partition coefficient (Wildman–Crippen LogP) is 5.15. The monoisotopic (exact) mass is 381 g/mol. The summed E-state index contributed by atoms with van der Waals surface area (Å²) in [4.78, 5) is 11.9. The third-order valence-electron chi connectivity index (χ3n) is 3.67. The van der Waals surface area contributed by atoms with E-state index >= 15 is 0 Å². The SMILES string of the molecule is CCc1ccc(CC(=O)NCCSCc2c(Cl)cccc2Cl)cc1. The van der Waals surface area contributed by atoms with Crippen LogP contribution in [0.5, 0.6) is 0 Å². The van der Waals surface area contributed by atoms with Crippen molar-refractivity contribution in [3.8, 4) is 0 Å². The van der Waals surface area contributed by atoms with Gasteiger partial charge in [-0.15, -0.1) is 0 Å². The topological polar surface area (TPSA) is 29.1 Å². The summed E-state index contributed by atoms with van der Waals surface area (Å²) in [5, 5.41) is 4.33. The fraction of sp³-hybridized carbons (Fsp3) is 0.316. The Kier molecular flexibility index (Phi) is 7.97. The van der Waals surface area contributed by atoms with Gasteiger partial charge in [-0.1, -0.05) is 60.5 Å². The van der Waals surface area contributed by atoms with Crippen molar-refractivity contribution in [1.82, 2.24) is 5.32 Å². The molecule has 0 saturated carbocycles. The highest BCUT2D eigenvalue weighted by atomic mass is 35.5. The number of hydrogen-bond donors (Lipinski definition) is 1. The van der Waals surface area contributed by atoms with E-state index in [4.69, 9.17) is 23.2 Å². The van der Waals surface area contributed by atoms with Gasteiger partial charge in [-0.05, 0) is 35.2 Å². The van der Waals surface area contributed by atoms with Crippen molar-refractivity contribution >= 4 is 40.9 Å². The highest BCUT2D eigenvalue weighted by molar-refractivity contribution is 7.98. The molecule has 5 heteroatoms. The Morgan fingerprint density at radius 3 is 2.29 bits per heavy atom. The van der Waals surface area contributed by atoms with Crippen molar-refractivity contribution in [1.29, 1.82) is 0 Å². The molecule has 0 fully saturated rings. The van der Waals surface area contributed by atoms with Gasteiger partial charge in [0.1, 0.15) is 0 Å². The van der Waals surface area contributed by atoms with Crippen LogP contribution in [0.4, 0.5) is 0 Å². The Morgan fingerprint density at radius 1 is 1.04 bits per heavy atom. The first-order valence-corrected chi connectivity index (χ1v) is 9.86. The molecule has 2 nitrogen and oxygen atoms in total. The number of halogens is 2. The van der Waals surface area contributed by atoms with E-state index in [0.29, 0.717) is 23.0 Å². The van der Waals surface area contributed by atoms with Crippen LogP contribution < -0.4 is 5.32 Å². The molecule has 0 spiro atoms. The Balaban J connectivity index is 1.67. The maximum Gasteiger partial charge on any atom is 0.224 e. The maximum absolute atomic E-state index is 11.9. The average molecular weight is 382 g/mol. The molecule has 0 unspecified atom stereocenters. The molecule has 1 N–H and O–H groups in total. The third kappa shape index (κ3) is 6.04. The van der Waals surface area contributed by atoms with Crippen LogP contribution in [0.1, 0.15) is 23.6 Å². The van der Waals surface area contributed by atoms with Crippen LogP contribution in [0.25, 0.3) is 0 Å². The Bertz CT molecular complexity index is 653. The molecular weight excluding hydrogens is 361 g/mol. The second-order valence-electron chi connectivity index (χ2n) is 5.45.